The molecule has 0 spiro atoms. The Hall–Kier alpha value is -0.0400. The predicted octanol–water partition coefficient (Wildman–Crippen LogP) is 1.77. The van der Waals surface area contributed by atoms with Crippen LogP contribution in [0.3, 0.4) is 0 Å². The lowest BCUT2D eigenvalue weighted by atomic mass is 9.88. The van der Waals surface area contributed by atoms with Crippen molar-refractivity contribution in [2.45, 2.75) is 33.1 Å². The summed E-state index contributed by atoms with van der Waals surface area (Å²) < 4.78 is 0. The highest BCUT2D eigenvalue weighted by molar-refractivity contribution is 4.84. The van der Waals surface area contributed by atoms with Crippen LogP contribution in [0.1, 0.15) is 33.1 Å². The zero-order valence-corrected chi connectivity index (χ0v) is 6.48. The fourth-order valence-corrected chi connectivity index (χ4v) is 1.83. The first-order chi connectivity index (χ1) is 4.16. The van der Waals surface area contributed by atoms with Gasteiger partial charge in [0.25, 0.3) is 0 Å². The molecule has 9 heavy (non-hydrogen) atoms. The highest BCUT2D eigenvalue weighted by Crippen LogP contribution is 2.39. The van der Waals surface area contributed by atoms with E-state index in [1.807, 2.05) is 0 Å². The molecule has 54 valence electrons. The molecule has 1 heteroatoms. The Balaban J connectivity index is 2.45. The van der Waals surface area contributed by atoms with Crippen LogP contribution in [0.25, 0.3) is 0 Å². The third-order valence-electron chi connectivity index (χ3n) is 2.57. The molecule has 2 atom stereocenters. The van der Waals surface area contributed by atoms with E-state index in [0.29, 0.717) is 5.41 Å². The van der Waals surface area contributed by atoms with E-state index in [1.54, 1.807) is 0 Å². The fraction of sp³-hybridized carbons (Fsp3) is 1.00. The zero-order chi connectivity index (χ0) is 6.91. The van der Waals surface area contributed by atoms with Crippen molar-refractivity contribution in [3.05, 3.63) is 0 Å². The molecule has 1 nitrogen and oxygen atoms in total. The Morgan fingerprint density at radius 1 is 1.67 bits per heavy atom. The monoisotopic (exact) mass is 127 g/mol. The second-order valence-corrected chi connectivity index (χ2v) is 3.86. The third kappa shape index (κ3) is 1.45. The lowest BCUT2D eigenvalue weighted by Crippen LogP contribution is -2.23. The highest BCUT2D eigenvalue weighted by atomic mass is 14.6. The van der Waals surface area contributed by atoms with Crippen LogP contribution < -0.4 is 5.73 Å². The van der Waals surface area contributed by atoms with Gasteiger partial charge in [0.2, 0.25) is 0 Å². The van der Waals surface area contributed by atoms with Crippen molar-refractivity contribution >= 4 is 0 Å². The molecule has 0 aromatic rings. The van der Waals surface area contributed by atoms with Crippen molar-refractivity contribution in [2.24, 2.45) is 17.1 Å². The maximum Gasteiger partial charge on any atom is -0.00231 e. The minimum atomic E-state index is 0.486. The summed E-state index contributed by atoms with van der Waals surface area (Å²) in [5.41, 5.74) is 6.12. The van der Waals surface area contributed by atoms with Gasteiger partial charge in [-0.3, -0.25) is 0 Å². The molecule has 0 aromatic heterocycles. The molecule has 1 rings (SSSR count). The Morgan fingerprint density at radius 2 is 2.33 bits per heavy atom. The summed E-state index contributed by atoms with van der Waals surface area (Å²) in [6.45, 7) is 5.49. The summed E-state index contributed by atoms with van der Waals surface area (Å²) in [7, 11) is 0. The van der Waals surface area contributed by atoms with E-state index >= 15 is 0 Å². The largest absolute Gasteiger partial charge is 0.330 e. The van der Waals surface area contributed by atoms with Gasteiger partial charge in [0.15, 0.2) is 0 Å². The van der Waals surface area contributed by atoms with E-state index < -0.39 is 0 Å². The van der Waals surface area contributed by atoms with Gasteiger partial charge in [-0.2, -0.15) is 0 Å². The van der Waals surface area contributed by atoms with Gasteiger partial charge in [-0.1, -0.05) is 20.3 Å². The molecule has 2 N–H and O–H groups in total. The summed E-state index contributed by atoms with van der Waals surface area (Å²) in [6, 6.07) is 0. The van der Waals surface area contributed by atoms with Gasteiger partial charge in [0.05, 0.1) is 0 Å². The number of hydrogen-bond donors (Lipinski definition) is 1. The van der Waals surface area contributed by atoms with Crippen LogP contribution in [-0.2, 0) is 0 Å². The minimum absolute atomic E-state index is 0.486. The SMILES string of the molecule is CC1CCC(C)(CN)C1. The van der Waals surface area contributed by atoms with Gasteiger partial charge in [-0.15, -0.1) is 0 Å². The van der Waals surface area contributed by atoms with Crippen molar-refractivity contribution in [1.82, 2.24) is 0 Å². The molecular formula is C8H17N. The molecular weight excluding hydrogens is 110 g/mol. The maximum absolute atomic E-state index is 5.63. The average molecular weight is 127 g/mol. The highest BCUT2D eigenvalue weighted by Gasteiger charge is 2.31. The summed E-state index contributed by atoms with van der Waals surface area (Å²) in [5.74, 6) is 0.915. The van der Waals surface area contributed by atoms with E-state index in [0.717, 1.165) is 12.5 Å². The summed E-state index contributed by atoms with van der Waals surface area (Å²) in [5, 5.41) is 0. The van der Waals surface area contributed by atoms with Gasteiger partial charge in [-0.05, 0) is 30.7 Å². The van der Waals surface area contributed by atoms with Crippen molar-refractivity contribution in [2.75, 3.05) is 6.54 Å². The van der Waals surface area contributed by atoms with Gasteiger partial charge in [0.1, 0.15) is 0 Å². The van der Waals surface area contributed by atoms with Crippen molar-refractivity contribution < 1.29 is 0 Å². The van der Waals surface area contributed by atoms with Crippen LogP contribution in [0.2, 0.25) is 0 Å². The van der Waals surface area contributed by atoms with Gasteiger partial charge in [0, 0.05) is 0 Å². The normalized spacial score (nSPS) is 43.7. The molecule has 0 radical (unpaired) electrons. The molecule has 0 amide bonds. The van der Waals surface area contributed by atoms with Crippen LogP contribution in [0, 0.1) is 11.3 Å². The Bertz CT molecular complexity index is 101. The van der Waals surface area contributed by atoms with Crippen molar-refractivity contribution in [1.29, 1.82) is 0 Å². The van der Waals surface area contributed by atoms with E-state index in [2.05, 4.69) is 13.8 Å². The van der Waals surface area contributed by atoms with E-state index in [1.165, 1.54) is 19.3 Å². The molecule has 0 bridgehead atoms. The van der Waals surface area contributed by atoms with Gasteiger partial charge in [-0.25, -0.2) is 0 Å². The Morgan fingerprint density at radius 3 is 2.56 bits per heavy atom. The molecule has 0 heterocycles. The second-order valence-electron chi connectivity index (χ2n) is 3.86. The van der Waals surface area contributed by atoms with Gasteiger partial charge < -0.3 is 5.73 Å². The first-order valence-corrected chi connectivity index (χ1v) is 3.86. The molecule has 0 aliphatic heterocycles. The third-order valence-corrected chi connectivity index (χ3v) is 2.57. The maximum atomic E-state index is 5.63. The molecule has 1 aliphatic rings. The lowest BCUT2D eigenvalue weighted by Gasteiger charge is -2.20. The molecule has 0 aromatic carbocycles. The van der Waals surface area contributed by atoms with Crippen LogP contribution >= 0.6 is 0 Å². The summed E-state index contributed by atoms with van der Waals surface area (Å²) in [6.07, 6.45) is 4.06. The molecule has 0 saturated heterocycles. The standard InChI is InChI=1S/C8H17N/c1-7-3-4-8(2,5-7)6-9/h7H,3-6,9H2,1-2H3. The number of nitrogens with two attached hydrogens (primary N) is 1. The quantitative estimate of drug-likeness (QED) is 0.570. The number of hydrogen-bond acceptors (Lipinski definition) is 1. The predicted molar refractivity (Wildman–Crippen MR) is 40.2 cm³/mol. The minimum Gasteiger partial charge on any atom is -0.330 e. The van der Waals surface area contributed by atoms with Gasteiger partial charge >= 0.3 is 0 Å². The summed E-state index contributed by atoms with van der Waals surface area (Å²) >= 11 is 0. The topological polar surface area (TPSA) is 26.0 Å². The second kappa shape index (κ2) is 2.30. The molecule has 1 fully saturated rings. The van der Waals surface area contributed by atoms with E-state index in [-0.39, 0.29) is 0 Å². The lowest BCUT2D eigenvalue weighted by molar-refractivity contribution is 0.337. The van der Waals surface area contributed by atoms with Crippen LogP contribution in [0.5, 0.6) is 0 Å². The molecule has 2 unspecified atom stereocenters. The Kier molecular flexibility index (Phi) is 1.80. The Labute approximate surface area is 57.6 Å². The molecule has 1 aliphatic carbocycles. The van der Waals surface area contributed by atoms with Crippen LogP contribution in [0.15, 0.2) is 0 Å². The van der Waals surface area contributed by atoms with E-state index in [4.69, 9.17) is 5.73 Å². The summed E-state index contributed by atoms with van der Waals surface area (Å²) in [4.78, 5) is 0. The smallest absolute Gasteiger partial charge is 0.00231 e. The van der Waals surface area contributed by atoms with Crippen LogP contribution in [-0.4, -0.2) is 6.54 Å². The average Bonchev–Trinajstić information content (AvgIpc) is 2.13. The molecule has 1 saturated carbocycles. The van der Waals surface area contributed by atoms with E-state index in [9.17, 15) is 0 Å². The number of rotatable bonds is 1. The zero-order valence-electron chi connectivity index (χ0n) is 6.48. The van der Waals surface area contributed by atoms with Crippen molar-refractivity contribution in [3.8, 4) is 0 Å². The fourth-order valence-electron chi connectivity index (χ4n) is 1.83. The van der Waals surface area contributed by atoms with Crippen LogP contribution in [0.4, 0.5) is 0 Å². The first kappa shape index (κ1) is 7.07. The first-order valence-electron chi connectivity index (χ1n) is 3.86. The van der Waals surface area contributed by atoms with Crippen molar-refractivity contribution in [3.63, 3.8) is 0 Å².